The number of nitrogens with zero attached hydrogens (tertiary/aromatic N) is 1. The molecule has 1 fully saturated rings. The van der Waals surface area contributed by atoms with Crippen molar-refractivity contribution in [3.8, 4) is 5.75 Å². The van der Waals surface area contributed by atoms with Crippen LogP contribution in [0.4, 0.5) is 0 Å². The first-order valence-corrected chi connectivity index (χ1v) is 8.51. The zero-order chi connectivity index (χ0) is 16.8. The van der Waals surface area contributed by atoms with Gasteiger partial charge in [-0.1, -0.05) is 35.9 Å². The number of hydrogen-bond acceptors (Lipinski definition) is 3. The van der Waals surface area contributed by atoms with E-state index in [0.717, 1.165) is 43.9 Å². The number of halogens is 1. The van der Waals surface area contributed by atoms with E-state index in [1.807, 2.05) is 41.3 Å². The van der Waals surface area contributed by atoms with E-state index in [2.05, 4.69) is 24.4 Å². The Balaban J connectivity index is 0.00000225. The molecule has 0 spiro atoms. The summed E-state index contributed by atoms with van der Waals surface area (Å²) in [4.78, 5) is 14.6. The molecule has 2 aromatic carbocycles. The van der Waals surface area contributed by atoms with E-state index in [-0.39, 0.29) is 18.3 Å². The van der Waals surface area contributed by atoms with Crippen LogP contribution in [0.15, 0.2) is 48.5 Å². The maximum Gasteiger partial charge on any atom is 0.254 e. The Bertz CT molecular complexity index is 698. The van der Waals surface area contributed by atoms with Gasteiger partial charge in [0, 0.05) is 25.2 Å². The molecule has 0 bridgehead atoms. The third-order valence-electron chi connectivity index (χ3n) is 4.20. The van der Waals surface area contributed by atoms with Gasteiger partial charge in [0.05, 0.1) is 0 Å². The molecule has 0 aromatic heterocycles. The standard InChI is InChI=1S/C20H24N2O2.ClH/c1-16-5-2-6-17(13-16)15-24-19-8-3-7-18(14-19)20(23)22-11-4-9-21-10-12-22;/h2-3,5-8,13-14,21H,4,9-12,15H2,1H3;1H. The van der Waals surface area contributed by atoms with Gasteiger partial charge in [0.25, 0.3) is 5.91 Å². The van der Waals surface area contributed by atoms with E-state index in [4.69, 9.17) is 4.74 Å². The summed E-state index contributed by atoms with van der Waals surface area (Å²) >= 11 is 0. The molecule has 3 rings (SSSR count). The lowest BCUT2D eigenvalue weighted by molar-refractivity contribution is 0.0766. The van der Waals surface area contributed by atoms with Gasteiger partial charge in [-0.15, -0.1) is 12.4 Å². The molecule has 5 heteroatoms. The highest BCUT2D eigenvalue weighted by Gasteiger charge is 2.17. The predicted molar refractivity (Wildman–Crippen MR) is 103 cm³/mol. The largest absolute Gasteiger partial charge is 0.489 e. The average molecular weight is 361 g/mol. The summed E-state index contributed by atoms with van der Waals surface area (Å²) in [7, 11) is 0. The van der Waals surface area contributed by atoms with Gasteiger partial charge in [0.15, 0.2) is 0 Å². The van der Waals surface area contributed by atoms with Crippen molar-refractivity contribution < 1.29 is 9.53 Å². The van der Waals surface area contributed by atoms with Crippen molar-refractivity contribution in [2.45, 2.75) is 20.0 Å². The van der Waals surface area contributed by atoms with Crippen molar-refractivity contribution >= 4 is 18.3 Å². The van der Waals surface area contributed by atoms with E-state index in [1.165, 1.54) is 5.56 Å². The molecule has 1 aliphatic rings. The Morgan fingerprint density at radius 2 is 1.96 bits per heavy atom. The van der Waals surface area contributed by atoms with Crippen LogP contribution in [0, 0.1) is 6.92 Å². The molecule has 134 valence electrons. The second-order valence-corrected chi connectivity index (χ2v) is 6.20. The maximum absolute atomic E-state index is 12.7. The normalized spacial score (nSPS) is 14.4. The Morgan fingerprint density at radius 1 is 1.12 bits per heavy atom. The minimum atomic E-state index is 0. The highest BCUT2D eigenvalue weighted by molar-refractivity contribution is 5.94. The molecule has 0 saturated carbocycles. The fourth-order valence-electron chi connectivity index (χ4n) is 2.92. The molecule has 1 heterocycles. The maximum atomic E-state index is 12.7. The molecule has 0 radical (unpaired) electrons. The molecule has 2 aromatic rings. The molecule has 1 amide bonds. The number of ether oxygens (including phenoxy) is 1. The SMILES string of the molecule is Cc1cccc(COc2cccc(C(=O)N3CCCNCC3)c2)c1.Cl. The van der Waals surface area contributed by atoms with E-state index in [1.54, 1.807) is 0 Å². The lowest BCUT2D eigenvalue weighted by Crippen LogP contribution is -2.34. The predicted octanol–water partition coefficient (Wildman–Crippen LogP) is 3.43. The third kappa shape index (κ3) is 5.48. The lowest BCUT2D eigenvalue weighted by Gasteiger charge is -2.20. The first-order chi connectivity index (χ1) is 11.7. The molecule has 0 atom stereocenters. The second kappa shape index (κ2) is 9.44. The number of carbonyl (C=O) groups excluding carboxylic acids is 1. The van der Waals surface area contributed by atoms with Crippen LogP contribution in [0.2, 0.25) is 0 Å². The van der Waals surface area contributed by atoms with Crippen LogP contribution in [-0.4, -0.2) is 37.0 Å². The van der Waals surface area contributed by atoms with Crippen LogP contribution >= 0.6 is 12.4 Å². The Hall–Kier alpha value is -2.04. The number of rotatable bonds is 4. The molecule has 4 nitrogen and oxygen atoms in total. The molecule has 1 N–H and O–H groups in total. The van der Waals surface area contributed by atoms with Gasteiger partial charge >= 0.3 is 0 Å². The van der Waals surface area contributed by atoms with Crippen molar-refractivity contribution in [3.63, 3.8) is 0 Å². The highest BCUT2D eigenvalue weighted by atomic mass is 35.5. The summed E-state index contributed by atoms with van der Waals surface area (Å²) in [5, 5.41) is 3.32. The smallest absolute Gasteiger partial charge is 0.254 e. The van der Waals surface area contributed by atoms with Crippen LogP contribution in [-0.2, 0) is 6.61 Å². The quantitative estimate of drug-likeness (QED) is 0.908. The highest BCUT2D eigenvalue weighted by Crippen LogP contribution is 2.17. The number of amides is 1. The van der Waals surface area contributed by atoms with Gasteiger partial charge in [-0.2, -0.15) is 0 Å². The van der Waals surface area contributed by atoms with E-state index < -0.39 is 0 Å². The van der Waals surface area contributed by atoms with Crippen molar-refractivity contribution in [1.82, 2.24) is 10.2 Å². The van der Waals surface area contributed by atoms with Crippen LogP contribution in [0.3, 0.4) is 0 Å². The summed E-state index contributed by atoms with van der Waals surface area (Å²) in [5.74, 6) is 0.815. The fraction of sp³-hybridized carbons (Fsp3) is 0.350. The lowest BCUT2D eigenvalue weighted by atomic mass is 10.1. The minimum Gasteiger partial charge on any atom is -0.489 e. The first-order valence-electron chi connectivity index (χ1n) is 8.51. The van der Waals surface area contributed by atoms with Crippen LogP contribution in [0.25, 0.3) is 0 Å². The summed E-state index contributed by atoms with van der Waals surface area (Å²) < 4.78 is 5.87. The van der Waals surface area contributed by atoms with E-state index in [9.17, 15) is 4.79 Å². The minimum absolute atomic E-state index is 0. The van der Waals surface area contributed by atoms with Gasteiger partial charge in [0.2, 0.25) is 0 Å². The van der Waals surface area contributed by atoms with Gasteiger partial charge < -0.3 is 15.0 Å². The van der Waals surface area contributed by atoms with Crippen LogP contribution in [0.1, 0.15) is 27.9 Å². The summed E-state index contributed by atoms with van der Waals surface area (Å²) in [6, 6.07) is 15.7. The summed E-state index contributed by atoms with van der Waals surface area (Å²) in [6.07, 6.45) is 0.995. The van der Waals surface area contributed by atoms with Gasteiger partial charge in [-0.05, 0) is 43.7 Å². The van der Waals surface area contributed by atoms with Crippen molar-refractivity contribution in [1.29, 1.82) is 0 Å². The first kappa shape index (κ1) is 19.3. The molecular formula is C20H25ClN2O2. The van der Waals surface area contributed by atoms with E-state index in [0.29, 0.717) is 12.2 Å². The molecule has 1 aliphatic heterocycles. The zero-order valence-electron chi connectivity index (χ0n) is 14.5. The number of aryl methyl sites for hydroxylation is 1. The summed E-state index contributed by atoms with van der Waals surface area (Å²) in [6.45, 7) is 5.97. The van der Waals surface area contributed by atoms with Crippen LogP contribution < -0.4 is 10.1 Å². The molecule has 1 saturated heterocycles. The second-order valence-electron chi connectivity index (χ2n) is 6.20. The third-order valence-corrected chi connectivity index (χ3v) is 4.20. The van der Waals surface area contributed by atoms with Crippen molar-refractivity contribution in [3.05, 3.63) is 65.2 Å². The number of benzene rings is 2. The number of hydrogen-bond donors (Lipinski definition) is 1. The molecule has 0 aliphatic carbocycles. The molecule has 0 unspecified atom stereocenters. The number of nitrogens with one attached hydrogen (secondary N) is 1. The number of carbonyl (C=O) groups is 1. The molecule has 25 heavy (non-hydrogen) atoms. The fourth-order valence-corrected chi connectivity index (χ4v) is 2.92. The monoisotopic (exact) mass is 360 g/mol. The van der Waals surface area contributed by atoms with Crippen molar-refractivity contribution in [2.24, 2.45) is 0 Å². The van der Waals surface area contributed by atoms with Gasteiger partial charge in [0.1, 0.15) is 12.4 Å². The Morgan fingerprint density at radius 3 is 2.80 bits per heavy atom. The zero-order valence-corrected chi connectivity index (χ0v) is 15.3. The average Bonchev–Trinajstić information content (AvgIpc) is 2.89. The van der Waals surface area contributed by atoms with Gasteiger partial charge in [-0.3, -0.25) is 4.79 Å². The van der Waals surface area contributed by atoms with E-state index >= 15 is 0 Å². The van der Waals surface area contributed by atoms with Crippen LogP contribution in [0.5, 0.6) is 5.75 Å². The Kier molecular flexibility index (Phi) is 7.29. The van der Waals surface area contributed by atoms with Crippen molar-refractivity contribution in [2.75, 3.05) is 26.2 Å². The Labute approximate surface area is 155 Å². The van der Waals surface area contributed by atoms with Gasteiger partial charge in [-0.25, -0.2) is 0 Å². The summed E-state index contributed by atoms with van der Waals surface area (Å²) in [5.41, 5.74) is 3.04. The topological polar surface area (TPSA) is 41.6 Å². The molecular weight excluding hydrogens is 336 g/mol.